The van der Waals surface area contributed by atoms with Crippen LogP contribution in [0, 0.1) is 5.82 Å². The van der Waals surface area contributed by atoms with Crippen molar-refractivity contribution in [3.63, 3.8) is 0 Å². The van der Waals surface area contributed by atoms with Gasteiger partial charge in [0.05, 0.1) is 42.2 Å². The topological polar surface area (TPSA) is 85.3 Å². The fourth-order valence-corrected chi connectivity index (χ4v) is 8.87. The van der Waals surface area contributed by atoms with E-state index in [1.807, 2.05) is 54.6 Å². The zero-order valence-electron chi connectivity index (χ0n) is 30.9. The molecule has 2 aromatic heterocycles. The molecule has 0 radical (unpaired) electrons. The Hall–Kier alpha value is -4.46. The third-order valence-corrected chi connectivity index (χ3v) is 12.4. The largest absolute Gasteiger partial charge is 0.497 e. The van der Waals surface area contributed by atoms with Crippen molar-refractivity contribution in [2.45, 2.75) is 57.0 Å². The van der Waals surface area contributed by atoms with Gasteiger partial charge in [0.1, 0.15) is 53.1 Å². The van der Waals surface area contributed by atoms with Crippen molar-refractivity contribution in [1.82, 2.24) is 19.9 Å². The monoisotopic (exact) mass is 834 g/mol. The molecule has 0 spiro atoms. The highest BCUT2D eigenvalue weighted by Crippen LogP contribution is 2.48. The third-order valence-electron chi connectivity index (χ3n) is 11.1. The molecular formula is C41H42BrClF2N6O4. The molecule has 288 valence electrons. The minimum absolute atomic E-state index is 0.0104. The average Bonchev–Trinajstić information content (AvgIpc) is 3.66. The summed E-state index contributed by atoms with van der Waals surface area (Å²) in [5.41, 5.74) is 2.66. The number of hydrogen-bond donors (Lipinski definition) is 0. The highest BCUT2D eigenvalue weighted by Gasteiger charge is 2.49. The van der Waals surface area contributed by atoms with E-state index in [0.29, 0.717) is 49.6 Å². The Morgan fingerprint density at radius 2 is 1.71 bits per heavy atom. The molecule has 0 saturated carbocycles. The Morgan fingerprint density at radius 3 is 2.38 bits per heavy atom. The number of ether oxygens (including phenoxy) is 4. The van der Waals surface area contributed by atoms with Crippen molar-refractivity contribution < 1.29 is 27.7 Å². The lowest BCUT2D eigenvalue weighted by Gasteiger charge is -2.34. The van der Waals surface area contributed by atoms with Crippen LogP contribution in [0.25, 0.3) is 10.9 Å². The third kappa shape index (κ3) is 7.22. The Morgan fingerprint density at radius 1 is 1.02 bits per heavy atom. The van der Waals surface area contributed by atoms with Crippen molar-refractivity contribution in [3.05, 3.63) is 98.9 Å². The maximum absolute atomic E-state index is 16.2. The van der Waals surface area contributed by atoms with Gasteiger partial charge < -0.3 is 28.7 Å². The zero-order chi connectivity index (χ0) is 38.3. The average molecular weight is 836 g/mol. The summed E-state index contributed by atoms with van der Waals surface area (Å²) in [6, 6.07) is 19.6. The molecule has 55 heavy (non-hydrogen) atoms. The molecule has 0 N–H and O–H groups in total. The first-order valence-corrected chi connectivity index (χ1v) is 19.6. The molecule has 0 bridgehead atoms. The molecule has 14 heteroatoms. The second-order valence-corrected chi connectivity index (χ2v) is 15.5. The number of nitrogens with zero attached hydrogens (tertiary/aromatic N) is 6. The van der Waals surface area contributed by atoms with Crippen molar-refractivity contribution in [3.8, 4) is 23.3 Å². The lowest BCUT2D eigenvalue weighted by atomic mass is 9.95. The Kier molecular flexibility index (Phi) is 10.6. The van der Waals surface area contributed by atoms with Crippen LogP contribution in [0.3, 0.4) is 0 Å². The molecule has 3 aromatic carbocycles. The highest BCUT2D eigenvalue weighted by molar-refractivity contribution is 9.10. The molecule has 2 saturated heterocycles. The van der Waals surface area contributed by atoms with Crippen molar-refractivity contribution in [2.24, 2.45) is 0 Å². The quantitative estimate of drug-likeness (QED) is 0.114. The summed E-state index contributed by atoms with van der Waals surface area (Å²) in [6.07, 6.45) is 3.04. The predicted octanol–water partition coefficient (Wildman–Crippen LogP) is 8.72. The smallest absolute Gasteiger partial charge is 0.319 e. The van der Waals surface area contributed by atoms with E-state index in [9.17, 15) is 4.39 Å². The molecule has 10 nitrogen and oxygen atoms in total. The lowest BCUT2D eigenvalue weighted by Crippen LogP contribution is -2.43. The molecule has 3 aliphatic heterocycles. The van der Waals surface area contributed by atoms with Gasteiger partial charge >= 0.3 is 6.01 Å². The SMILES string of the molecule is COc1ccc(CN(Cc2ccc(OC)cc2)c2ncccc2[C@@H](C)N2CCOc3c(Cl)c(Br)c(F)c4nc(OC[C@@]56CCCN5C[C@H](F)C6)nc2c34)cc1. The summed E-state index contributed by atoms with van der Waals surface area (Å²) in [6.45, 7) is 5.24. The number of aromatic nitrogens is 3. The van der Waals surface area contributed by atoms with E-state index in [2.05, 4.69) is 48.6 Å². The van der Waals surface area contributed by atoms with Crippen molar-refractivity contribution in [2.75, 3.05) is 56.9 Å². The summed E-state index contributed by atoms with van der Waals surface area (Å²) < 4.78 is 54.3. The molecule has 5 aromatic rings. The molecule has 0 unspecified atom stereocenters. The number of methoxy groups -OCH3 is 2. The first kappa shape index (κ1) is 37.5. The molecule has 0 amide bonds. The number of anilines is 2. The number of alkyl halides is 1. The van der Waals surface area contributed by atoms with Crippen LogP contribution >= 0.6 is 27.5 Å². The van der Waals surface area contributed by atoms with Crippen LogP contribution in [-0.4, -0.2) is 78.6 Å². The summed E-state index contributed by atoms with van der Waals surface area (Å²) in [5, 5.41) is 0.456. The first-order valence-electron chi connectivity index (χ1n) is 18.4. The van der Waals surface area contributed by atoms with E-state index in [1.54, 1.807) is 20.4 Å². The van der Waals surface area contributed by atoms with Gasteiger partial charge in [0.2, 0.25) is 0 Å². The van der Waals surface area contributed by atoms with E-state index < -0.39 is 17.5 Å². The second-order valence-electron chi connectivity index (χ2n) is 14.4. The number of fused-ring (bicyclic) bond motifs is 1. The normalized spacial score (nSPS) is 19.8. The zero-order valence-corrected chi connectivity index (χ0v) is 33.2. The van der Waals surface area contributed by atoms with E-state index in [4.69, 9.17) is 40.5 Å². The molecule has 0 aliphatic carbocycles. The van der Waals surface area contributed by atoms with E-state index in [1.165, 1.54) is 0 Å². The van der Waals surface area contributed by atoms with Crippen LogP contribution in [0.5, 0.6) is 23.3 Å². The van der Waals surface area contributed by atoms with Gasteiger partial charge in [0, 0.05) is 37.8 Å². The summed E-state index contributed by atoms with van der Waals surface area (Å²) in [5.74, 6) is 2.41. The van der Waals surface area contributed by atoms with Gasteiger partial charge in [-0.1, -0.05) is 41.9 Å². The lowest BCUT2D eigenvalue weighted by molar-refractivity contribution is 0.107. The standard InChI is InChI=1S/C41H42BrClF2N6O4/c1-25(31-6-4-16-46-38(31)49(21-26-7-11-29(52-2)12-8-26)22-27-9-13-30(53-3)14-10-27)51-18-19-54-37-32-36(35(45)33(42)34(37)43)47-40(48-39(32)51)55-24-41-15-5-17-50(41)23-28(44)20-41/h4,6-14,16,25,28H,5,15,17-24H2,1-3H3/t25-,28-,41+/m1/s1. The van der Waals surface area contributed by atoms with Gasteiger partial charge in [-0.2, -0.15) is 9.97 Å². The Bertz CT molecular complexity index is 2130. The Labute approximate surface area is 332 Å². The van der Waals surface area contributed by atoms with Crippen LogP contribution < -0.4 is 28.7 Å². The summed E-state index contributed by atoms with van der Waals surface area (Å²) >= 11 is 10.1. The van der Waals surface area contributed by atoms with Gasteiger partial charge in [-0.15, -0.1) is 0 Å². The van der Waals surface area contributed by atoms with Gasteiger partial charge in [0.15, 0.2) is 11.6 Å². The van der Waals surface area contributed by atoms with Crippen LogP contribution in [0.4, 0.5) is 20.4 Å². The molecule has 2 fully saturated rings. The van der Waals surface area contributed by atoms with Gasteiger partial charge in [-0.3, -0.25) is 4.90 Å². The fourth-order valence-electron chi connectivity index (χ4n) is 8.27. The van der Waals surface area contributed by atoms with Crippen LogP contribution in [-0.2, 0) is 13.1 Å². The summed E-state index contributed by atoms with van der Waals surface area (Å²) in [4.78, 5) is 21.0. The molecule has 3 aliphatic rings. The van der Waals surface area contributed by atoms with Gasteiger partial charge in [-0.05, 0) is 83.7 Å². The van der Waals surface area contributed by atoms with E-state index in [-0.39, 0.29) is 40.3 Å². The maximum Gasteiger partial charge on any atom is 0.319 e. The minimum atomic E-state index is -0.916. The van der Waals surface area contributed by atoms with Gasteiger partial charge in [-0.25, -0.2) is 13.8 Å². The van der Waals surface area contributed by atoms with Crippen LogP contribution in [0.2, 0.25) is 5.02 Å². The second kappa shape index (κ2) is 15.6. The molecule has 8 rings (SSSR count). The predicted molar refractivity (Wildman–Crippen MR) is 212 cm³/mol. The number of pyridine rings is 1. The fraction of sp³-hybridized carbons (Fsp3) is 0.390. The Balaban J connectivity index is 1.19. The number of rotatable bonds is 12. The van der Waals surface area contributed by atoms with Crippen molar-refractivity contribution in [1.29, 1.82) is 0 Å². The number of benzene rings is 3. The van der Waals surface area contributed by atoms with Crippen LogP contribution in [0.1, 0.15) is 48.9 Å². The minimum Gasteiger partial charge on any atom is -0.497 e. The van der Waals surface area contributed by atoms with Crippen LogP contribution in [0.15, 0.2) is 71.3 Å². The van der Waals surface area contributed by atoms with E-state index in [0.717, 1.165) is 53.4 Å². The molecule has 3 atom stereocenters. The summed E-state index contributed by atoms with van der Waals surface area (Å²) in [7, 11) is 3.30. The number of halogens is 4. The van der Waals surface area contributed by atoms with Gasteiger partial charge in [0.25, 0.3) is 0 Å². The van der Waals surface area contributed by atoms with Crippen molar-refractivity contribution >= 4 is 50.1 Å². The highest BCUT2D eigenvalue weighted by atomic mass is 79.9. The molecular weight excluding hydrogens is 794 g/mol. The first-order chi connectivity index (χ1) is 26.7. The van der Waals surface area contributed by atoms with E-state index >= 15 is 4.39 Å². The maximum atomic E-state index is 16.2. The number of hydrogen-bond acceptors (Lipinski definition) is 10. The molecule has 5 heterocycles.